The van der Waals surface area contributed by atoms with Gasteiger partial charge in [-0.05, 0) is 20.8 Å². The lowest BCUT2D eigenvalue weighted by molar-refractivity contribution is -0.133. The summed E-state index contributed by atoms with van der Waals surface area (Å²) in [6.45, 7) is 9.94. The van der Waals surface area contributed by atoms with E-state index in [1.165, 1.54) is 0 Å². The second kappa shape index (κ2) is 5.47. The Morgan fingerprint density at radius 2 is 1.73 bits per heavy atom. The molecular formula is C11H23N3O. The first kappa shape index (κ1) is 12.5. The van der Waals surface area contributed by atoms with Gasteiger partial charge in [-0.1, -0.05) is 0 Å². The summed E-state index contributed by atoms with van der Waals surface area (Å²) in [5.41, 5.74) is 5.62. The molecule has 88 valence electrons. The Labute approximate surface area is 92.4 Å². The highest BCUT2D eigenvalue weighted by atomic mass is 16.2. The molecule has 0 aromatic rings. The number of carbonyl (C=O) groups is 1. The van der Waals surface area contributed by atoms with Crippen LogP contribution in [-0.4, -0.2) is 54.0 Å². The number of piperazine rings is 1. The van der Waals surface area contributed by atoms with E-state index >= 15 is 0 Å². The van der Waals surface area contributed by atoms with Crippen LogP contribution in [0.4, 0.5) is 0 Å². The summed E-state index contributed by atoms with van der Waals surface area (Å²) >= 11 is 0. The maximum atomic E-state index is 11.7. The van der Waals surface area contributed by atoms with Crippen molar-refractivity contribution in [3.05, 3.63) is 0 Å². The molecule has 0 aliphatic carbocycles. The minimum absolute atomic E-state index is 0.0272. The zero-order valence-corrected chi connectivity index (χ0v) is 10.1. The van der Waals surface area contributed by atoms with E-state index in [0.29, 0.717) is 12.5 Å². The van der Waals surface area contributed by atoms with Gasteiger partial charge in [0.25, 0.3) is 0 Å². The van der Waals surface area contributed by atoms with Crippen LogP contribution in [0.15, 0.2) is 0 Å². The fourth-order valence-electron chi connectivity index (χ4n) is 1.89. The highest BCUT2D eigenvalue weighted by molar-refractivity contribution is 5.76. The van der Waals surface area contributed by atoms with Crippen molar-refractivity contribution < 1.29 is 4.79 Å². The van der Waals surface area contributed by atoms with Gasteiger partial charge in [0.15, 0.2) is 0 Å². The first-order valence-electron chi connectivity index (χ1n) is 5.78. The molecule has 1 saturated heterocycles. The molecule has 0 aromatic carbocycles. The minimum Gasteiger partial charge on any atom is -0.340 e. The van der Waals surface area contributed by atoms with Gasteiger partial charge in [-0.25, -0.2) is 0 Å². The summed E-state index contributed by atoms with van der Waals surface area (Å²) in [6.07, 6.45) is 0.474. The molecule has 1 rings (SSSR count). The SMILES string of the molecule is CC(N)CC(=O)N1CCN(C(C)C)CC1. The molecule has 4 nitrogen and oxygen atoms in total. The first-order valence-corrected chi connectivity index (χ1v) is 5.78. The zero-order valence-electron chi connectivity index (χ0n) is 10.1. The molecule has 1 unspecified atom stereocenters. The van der Waals surface area contributed by atoms with Crippen LogP contribution in [0.1, 0.15) is 27.2 Å². The maximum absolute atomic E-state index is 11.7. The molecule has 1 amide bonds. The lowest BCUT2D eigenvalue weighted by Gasteiger charge is -2.37. The molecule has 0 aromatic heterocycles. The fraction of sp³-hybridized carbons (Fsp3) is 0.909. The Balaban J connectivity index is 2.34. The van der Waals surface area contributed by atoms with Gasteiger partial charge in [-0.15, -0.1) is 0 Å². The topological polar surface area (TPSA) is 49.6 Å². The third-order valence-electron chi connectivity index (χ3n) is 2.89. The minimum atomic E-state index is -0.0272. The molecule has 0 bridgehead atoms. The molecule has 1 fully saturated rings. The predicted octanol–water partition coefficient (Wildman–Crippen LogP) is 0.276. The second-order valence-electron chi connectivity index (χ2n) is 4.69. The van der Waals surface area contributed by atoms with Gasteiger partial charge in [0.05, 0.1) is 0 Å². The van der Waals surface area contributed by atoms with E-state index in [1.807, 2.05) is 11.8 Å². The number of carbonyl (C=O) groups excluding carboxylic acids is 1. The van der Waals surface area contributed by atoms with E-state index in [2.05, 4.69) is 18.7 Å². The molecular weight excluding hydrogens is 190 g/mol. The van der Waals surface area contributed by atoms with Crippen molar-refractivity contribution in [2.75, 3.05) is 26.2 Å². The van der Waals surface area contributed by atoms with Gasteiger partial charge in [0.2, 0.25) is 5.91 Å². The monoisotopic (exact) mass is 213 g/mol. The number of nitrogens with two attached hydrogens (primary N) is 1. The van der Waals surface area contributed by atoms with Crippen molar-refractivity contribution in [3.8, 4) is 0 Å². The van der Waals surface area contributed by atoms with Gasteiger partial charge in [0.1, 0.15) is 0 Å². The van der Waals surface area contributed by atoms with Crippen LogP contribution >= 0.6 is 0 Å². The molecule has 0 radical (unpaired) electrons. The van der Waals surface area contributed by atoms with Crippen LogP contribution in [0, 0.1) is 0 Å². The molecule has 0 saturated carbocycles. The van der Waals surface area contributed by atoms with E-state index in [-0.39, 0.29) is 11.9 Å². The number of nitrogens with zero attached hydrogens (tertiary/aromatic N) is 2. The van der Waals surface area contributed by atoms with Gasteiger partial charge in [-0.2, -0.15) is 0 Å². The Morgan fingerprint density at radius 3 is 2.13 bits per heavy atom. The first-order chi connectivity index (χ1) is 7.00. The Bertz CT molecular complexity index is 208. The molecule has 1 aliphatic heterocycles. The van der Waals surface area contributed by atoms with Gasteiger partial charge >= 0.3 is 0 Å². The lowest BCUT2D eigenvalue weighted by Crippen LogP contribution is -2.51. The largest absolute Gasteiger partial charge is 0.340 e. The van der Waals surface area contributed by atoms with Crippen molar-refractivity contribution in [3.63, 3.8) is 0 Å². The molecule has 15 heavy (non-hydrogen) atoms. The number of amides is 1. The van der Waals surface area contributed by atoms with Crippen molar-refractivity contribution in [2.24, 2.45) is 5.73 Å². The van der Waals surface area contributed by atoms with Crippen molar-refractivity contribution in [1.82, 2.24) is 9.80 Å². The lowest BCUT2D eigenvalue weighted by atomic mass is 10.2. The van der Waals surface area contributed by atoms with Crippen molar-refractivity contribution >= 4 is 5.91 Å². The van der Waals surface area contributed by atoms with E-state index in [0.717, 1.165) is 26.2 Å². The molecule has 1 heterocycles. The van der Waals surface area contributed by atoms with E-state index in [9.17, 15) is 4.79 Å². The average Bonchev–Trinajstić information content (AvgIpc) is 2.17. The Kier molecular flexibility index (Phi) is 4.54. The zero-order chi connectivity index (χ0) is 11.4. The summed E-state index contributed by atoms with van der Waals surface area (Å²) in [5.74, 6) is 0.202. The maximum Gasteiger partial charge on any atom is 0.224 e. The average molecular weight is 213 g/mol. The number of hydrogen-bond acceptors (Lipinski definition) is 3. The van der Waals surface area contributed by atoms with Gasteiger partial charge in [-0.3, -0.25) is 9.69 Å². The van der Waals surface area contributed by atoms with Crippen LogP contribution in [-0.2, 0) is 4.79 Å². The van der Waals surface area contributed by atoms with Crippen LogP contribution in [0.2, 0.25) is 0 Å². The fourth-order valence-corrected chi connectivity index (χ4v) is 1.89. The molecule has 2 N–H and O–H groups in total. The van der Waals surface area contributed by atoms with Crippen LogP contribution in [0.5, 0.6) is 0 Å². The summed E-state index contributed by atoms with van der Waals surface area (Å²) in [7, 11) is 0. The number of hydrogen-bond donors (Lipinski definition) is 1. The van der Waals surface area contributed by atoms with Crippen LogP contribution in [0.25, 0.3) is 0 Å². The molecule has 0 spiro atoms. The number of rotatable bonds is 3. The quantitative estimate of drug-likeness (QED) is 0.732. The van der Waals surface area contributed by atoms with E-state index < -0.39 is 0 Å². The third kappa shape index (κ3) is 3.80. The van der Waals surface area contributed by atoms with Gasteiger partial charge < -0.3 is 10.6 Å². The van der Waals surface area contributed by atoms with Crippen LogP contribution < -0.4 is 5.73 Å². The Morgan fingerprint density at radius 1 is 1.20 bits per heavy atom. The summed E-state index contributed by atoms with van der Waals surface area (Å²) in [6, 6.07) is 0.552. The highest BCUT2D eigenvalue weighted by Crippen LogP contribution is 2.07. The normalized spacial score (nSPS) is 20.7. The van der Waals surface area contributed by atoms with Crippen molar-refractivity contribution in [2.45, 2.75) is 39.3 Å². The predicted molar refractivity (Wildman–Crippen MR) is 61.6 cm³/mol. The second-order valence-corrected chi connectivity index (χ2v) is 4.69. The standard InChI is InChI=1S/C11H23N3O/c1-9(2)13-4-6-14(7-5-13)11(15)8-10(3)12/h9-10H,4-8,12H2,1-3H3. The van der Waals surface area contributed by atoms with Crippen LogP contribution in [0.3, 0.4) is 0 Å². The molecule has 1 atom stereocenters. The van der Waals surface area contributed by atoms with E-state index in [4.69, 9.17) is 5.73 Å². The summed E-state index contributed by atoms with van der Waals surface area (Å²) in [4.78, 5) is 16.0. The highest BCUT2D eigenvalue weighted by Gasteiger charge is 2.22. The molecule has 1 aliphatic rings. The molecule has 4 heteroatoms. The van der Waals surface area contributed by atoms with E-state index in [1.54, 1.807) is 0 Å². The third-order valence-corrected chi connectivity index (χ3v) is 2.89. The Hall–Kier alpha value is -0.610. The van der Waals surface area contributed by atoms with Gasteiger partial charge in [0, 0.05) is 44.7 Å². The summed E-state index contributed by atoms with van der Waals surface area (Å²) < 4.78 is 0. The van der Waals surface area contributed by atoms with Crippen molar-refractivity contribution in [1.29, 1.82) is 0 Å². The summed E-state index contributed by atoms with van der Waals surface area (Å²) in [5, 5.41) is 0. The smallest absolute Gasteiger partial charge is 0.224 e.